The van der Waals surface area contributed by atoms with Gasteiger partial charge in [-0.2, -0.15) is 0 Å². The van der Waals surface area contributed by atoms with Crippen LogP contribution in [0.25, 0.3) is 5.76 Å². The Bertz CT molecular complexity index is 1430. The minimum atomic E-state index is -1.01. The number of Topliss-reactive ketones (excluding diaryl/α,β-unsaturated/α-hetero) is 1. The molecular formula is C30H32N2O7S. The fourth-order valence-corrected chi connectivity index (χ4v) is 5.42. The number of carbonyl (C=O) groups excluding carboxylic acids is 3. The van der Waals surface area contributed by atoms with Crippen molar-refractivity contribution in [3.8, 4) is 11.5 Å². The van der Waals surface area contributed by atoms with Crippen LogP contribution in [0.2, 0.25) is 0 Å². The first-order valence-electron chi connectivity index (χ1n) is 13.1. The van der Waals surface area contributed by atoms with Crippen molar-refractivity contribution in [3.63, 3.8) is 0 Å². The fraction of sp³-hybridized carbons (Fsp3) is 0.333. The zero-order valence-corrected chi connectivity index (χ0v) is 23.7. The van der Waals surface area contributed by atoms with E-state index in [4.69, 9.17) is 14.2 Å². The van der Waals surface area contributed by atoms with Gasteiger partial charge in [-0.25, -0.2) is 9.78 Å². The number of hydrogen-bond acceptors (Lipinski definition) is 9. The number of methoxy groups -OCH3 is 1. The smallest absolute Gasteiger partial charge is 0.350 e. The molecule has 210 valence electrons. The molecular weight excluding hydrogens is 532 g/mol. The summed E-state index contributed by atoms with van der Waals surface area (Å²) in [5.74, 6) is -1.46. The van der Waals surface area contributed by atoms with Gasteiger partial charge in [-0.3, -0.25) is 14.5 Å². The van der Waals surface area contributed by atoms with E-state index in [1.54, 1.807) is 62.4 Å². The minimum absolute atomic E-state index is 0.0937. The monoisotopic (exact) mass is 564 g/mol. The lowest BCUT2D eigenvalue weighted by Crippen LogP contribution is -2.29. The molecule has 1 saturated heterocycles. The summed E-state index contributed by atoms with van der Waals surface area (Å²) in [6.07, 6.45) is 2.99. The second kappa shape index (κ2) is 12.8. The molecule has 1 fully saturated rings. The maximum absolute atomic E-state index is 13.5. The first kappa shape index (κ1) is 28.8. The number of aryl methyl sites for hydroxylation is 1. The molecule has 1 atom stereocenters. The zero-order chi connectivity index (χ0) is 28.8. The Morgan fingerprint density at radius 1 is 1.07 bits per heavy atom. The van der Waals surface area contributed by atoms with Crippen molar-refractivity contribution in [1.82, 2.24) is 4.98 Å². The van der Waals surface area contributed by atoms with Gasteiger partial charge in [-0.05, 0) is 62.2 Å². The summed E-state index contributed by atoms with van der Waals surface area (Å²) in [6.45, 7) is 6.16. The van der Waals surface area contributed by atoms with E-state index in [9.17, 15) is 19.5 Å². The Hall–Kier alpha value is -4.18. The minimum Gasteiger partial charge on any atom is -0.507 e. The Morgan fingerprint density at radius 2 is 1.82 bits per heavy atom. The van der Waals surface area contributed by atoms with E-state index in [1.807, 2.05) is 0 Å². The summed E-state index contributed by atoms with van der Waals surface area (Å²) in [6, 6.07) is 12.6. The van der Waals surface area contributed by atoms with Crippen LogP contribution < -0.4 is 14.4 Å². The Morgan fingerprint density at radius 3 is 2.50 bits per heavy atom. The average molecular weight is 565 g/mol. The third-order valence-corrected chi connectivity index (χ3v) is 7.59. The van der Waals surface area contributed by atoms with Gasteiger partial charge in [0.1, 0.15) is 22.1 Å². The van der Waals surface area contributed by atoms with E-state index in [0.29, 0.717) is 34.9 Å². The first-order valence-corrected chi connectivity index (χ1v) is 13.9. The third kappa shape index (κ3) is 5.86. The standard InChI is InChI=1S/C30H32N2O7S/c1-5-7-8-16-39-22-11-9-10-20(17-22)24-23(25(33)19-12-14-21(37-4)15-13-19)26(34)28(35)32(24)30-31-18(3)27(40-30)29(36)38-6-2/h9-15,17,24,33H,5-8,16H2,1-4H3/b25-23+. The number of anilines is 1. The number of aromatic nitrogens is 1. The van der Waals surface area contributed by atoms with E-state index in [0.717, 1.165) is 30.6 Å². The number of aliphatic hydroxyl groups excluding tert-OH is 1. The maximum Gasteiger partial charge on any atom is 0.350 e. The number of ketones is 1. The number of thiazole rings is 1. The Kier molecular flexibility index (Phi) is 9.21. The molecule has 0 bridgehead atoms. The number of carbonyl (C=O) groups is 3. The van der Waals surface area contributed by atoms with Crippen molar-refractivity contribution in [1.29, 1.82) is 0 Å². The largest absolute Gasteiger partial charge is 0.507 e. The van der Waals surface area contributed by atoms with Gasteiger partial charge in [0.2, 0.25) is 0 Å². The lowest BCUT2D eigenvalue weighted by molar-refractivity contribution is -0.132. The molecule has 1 aliphatic heterocycles. The summed E-state index contributed by atoms with van der Waals surface area (Å²) < 4.78 is 16.3. The summed E-state index contributed by atoms with van der Waals surface area (Å²) in [5.41, 5.74) is 1.18. The zero-order valence-electron chi connectivity index (χ0n) is 22.9. The normalized spacial score (nSPS) is 16.3. The number of esters is 1. The van der Waals surface area contributed by atoms with E-state index in [1.165, 1.54) is 12.0 Å². The van der Waals surface area contributed by atoms with E-state index < -0.39 is 23.7 Å². The number of rotatable bonds is 11. The van der Waals surface area contributed by atoms with E-state index >= 15 is 0 Å². The van der Waals surface area contributed by atoms with Gasteiger partial charge in [0.05, 0.1) is 37.6 Å². The molecule has 0 spiro atoms. The third-order valence-electron chi connectivity index (χ3n) is 6.45. The predicted molar refractivity (Wildman–Crippen MR) is 152 cm³/mol. The van der Waals surface area contributed by atoms with Crippen molar-refractivity contribution in [2.24, 2.45) is 0 Å². The molecule has 3 aromatic rings. The molecule has 9 nitrogen and oxygen atoms in total. The summed E-state index contributed by atoms with van der Waals surface area (Å²) in [7, 11) is 1.53. The van der Waals surface area contributed by atoms with Crippen molar-refractivity contribution >= 4 is 39.9 Å². The topological polar surface area (TPSA) is 115 Å². The number of aliphatic hydroxyl groups is 1. The van der Waals surface area contributed by atoms with Crippen molar-refractivity contribution in [3.05, 3.63) is 75.8 Å². The number of hydrogen-bond donors (Lipinski definition) is 1. The summed E-state index contributed by atoms with van der Waals surface area (Å²) in [5, 5.41) is 11.5. The van der Waals surface area contributed by atoms with Crippen LogP contribution in [0, 0.1) is 6.92 Å². The van der Waals surface area contributed by atoms with Gasteiger partial charge in [-0.15, -0.1) is 0 Å². The molecule has 2 aromatic carbocycles. The first-order chi connectivity index (χ1) is 19.3. The van der Waals surface area contributed by atoms with Crippen LogP contribution in [-0.4, -0.2) is 48.1 Å². The second-order valence-corrected chi connectivity index (χ2v) is 10.1. The van der Waals surface area contributed by atoms with Crippen LogP contribution in [-0.2, 0) is 14.3 Å². The number of unbranched alkanes of at least 4 members (excludes halogenated alkanes) is 2. The summed E-state index contributed by atoms with van der Waals surface area (Å²) in [4.78, 5) is 45.4. The fourth-order valence-electron chi connectivity index (χ4n) is 4.44. The molecule has 1 aliphatic rings. The van der Waals surface area contributed by atoms with Gasteiger partial charge in [-0.1, -0.05) is 43.2 Å². The molecule has 0 radical (unpaired) electrons. The molecule has 1 aromatic heterocycles. The molecule has 1 amide bonds. The molecule has 0 saturated carbocycles. The SMILES string of the molecule is CCCCCOc1cccc(C2/C(=C(\O)c3ccc(OC)cc3)C(=O)C(=O)N2c2nc(C)c(C(=O)OCC)s2)c1. The van der Waals surface area contributed by atoms with Crippen LogP contribution in [0.1, 0.15) is 65.6 Å². The lowest BCUT2D eigenvalue weighted by Gasteiger charge is -2.23. The Balaban J connectivity index is 1.84. The predicted octanol–water partition coefficient (Wildman–Crippen LogP) is 5.83. The van der Waals surface area contributed by atoms with Gasteiger partial charge < -0.3 is 19.3 Å². The van der Waals surface area contributed by atoms with Crippen LogP contribution >= 0.6 is 11.3 Å². The van der Waals surface area contributed by atoms with Crippen LogP contribution in [0.4, 0.5) is 5.13 Å². The van der Waals surface area contributed by atoms with E-state index in [-0.39, 0.29) is 27.9 Å². The van der Waals surface area contributed by atoms with Gasteiger partial charge in [0.15, 0.2) is 5.13 Å². The second-order valence-electron chi connectivity index (χ2n) is 9.16. The Labute approximate surface area is 237 Å². The van der Waals surface area contributed by atoms with Crippen LogP contribution in [0.5, 0.6) is 11.5 Å². The highest BCUT2D eigenvalue weighted by Gasteiger charge is 2.48. The van der Waals surface area contributed by atoms with Crippen LogP contribution in [0.3, 0.4) is 0 Å². The highest BCUT2D eigenvalue weighted by molar-refractivity contribution is 7.17. The quantitative estimate of drug-likeness (QED) is 0.102. The molecule has 2 heterocycles. The maximum atomic E-state index is 13.5. The van der Waals surface area contributed by atoms with Crippen molar-refractivity contribution in [2.75, 3.05) is 25.2 Å². The molecule has 40 heavy (non-hydrogen) atoms. The molecule has 0 aliphatic carbocycles. The van der Waals surface area contributed by atoms with Crippen molar-refractivity contribution in [2.45, 2.75) is 46.1 Å². The number of ether oxygens (including phenoxy) is 3. The molecule has 1 N–H and O–H groups in total. The molecule has 10 heteroatoms. The number of amides is 1. The summed E-state index contributed by atoms with van der Waals surface area (Å²) >= 11 is 0.962. The van der Waals surface area contributed by atoms with E-state index in [2.05, 4.69) is 11.9 Å². The average Bonchev–Trinajstić information content (AvgIpc) is 3.47. The number of nitrogens with zero attached hydrogens (tertiary/aromatic N) is 2. The molecule has 1 unspecified atom stereocenters. The van der Waals surface area contributed by atoms with Gasteiger partial charge in [0.25, 0.3) is 5.78 Å². The lowest BCUT2D eigenvalue weighted by atomic mass is 9.95. The highest BCUT2D eigenvalue weighted by Crippen LogP contribution is 2.44. The highest BCUT2D eigenvalue weighted by atomic mass is 32.1. The van der Waals surface area contributed by atoms with Gasteiger partial charge >= 0.3 is 11.9 Å². The molecule has 4 rings (SSSR count). The van der Waals surface area contributed by atoms with Crippen LogP contribution in [0.15, 0.2) is 54.1 Å². The van der Waals surface area contributed by atoms with Crippen molar-refractivity contribution < 1.29 is 33.7 Å². The number of benzene rings is 2. The van der Waals surface area contributed by atoms with Gasteiger partial charge in [0, 0.05) is 5.56 Å².